The molecule has 1 aromatic heterocycles. The third-order valence-electron chi connectivity index (χ3n) is 1.74. The lowest BCUT2D eigenvalue weighted by Gasteiger charge is -2.21. The SMILES string of the molecule is Cc1nsc(N(C)C(C)CO)n1. The van der Waals surface area contributed by atoms with E-state index < -0.39 is 0 Å². The molecule has 0 fully saturated rings. The molecule has 0 saturated heterocycles. The number of anilines is 1. The molecule has 0 aromatic carbocycles. The molecule has 68 valence electrons. The van der Waals surface area contributed by atoms with Crippen LogP contribution in [0.5, 0.6) is 0 Å². The van der Waals surface area contributed by atoms with Crippen LogP contribution in [-0.2, 0) is 0 Å². The van der Waals surface area contributed by atoms with Crippen molar-refractivity contribution in [2.24, 2.45) is 0 Å². The monoisotopic (exact) mass is 187 g/mol. The molecule has 0 aliphatic heterocycles. The van der Waals surface area contributed by atoms with Gasteiger partial charge >= 0.3 is 0 Å². The largest absolute Gasteiger partial charge is 0.394 e. The van der Waals surface area contributed by atoms with E-state index in [2.05, 4.69) is 9.36 Å². The first-order chi connectivity index (χ1) is 5.65. The molecular formula is C7H13N3OS. The van der Waals surface area contributed by atoms with E-state index in [0.29, 0.717) is 0 Å². The summed E-state index contributed by atoms with van der Waals surface area (Å²) in [4.78, 5) is 6.12. The third kappa shape index (κ3) is 1.92. The predicted octanol–water partition coefficient (Wildman–Crippen LogP) is 0.664. The molecular weight excluding hydrogens is 174 g/mol. The van der Waals surface area contributed by atoms with Crippen LogP contribution in [0, 0.1) is 6.92 Å². The summed E-state index contributed by atoms with van der Waals surface area (Å²) in [6.07, 6.45) is 0. The van der Waals surface area contributed by atoms with Crippen LogP contribution >= 0.6 is 11.5 Å². The number of hydrogen-bond acceptors (Lipinski definition) is 5. The second-order valence-electron chi connectivity index (χ2n) is 2.77. The van der Waals surface area contributed by atoms with E-state index in [-0.39, 0.29) is 12.6 Å². The normalized spacial score (nSPS) is 13.0. The quantitative estimate of drug-likeness (QED) is 0.755. The van der Waals surface area contributed by atoms with Gasteiger partial charge in [0.25, 0.3) is 0 Å². The third-order valence-corrected chi connectivity index (χ3v) is 2.64. The topological polar surface area (TPSA) is 49.2 Å². The Morgan fingerprint density at radius 3 is 2.75 bits per heavy atom. The Balaban J connectivity index is 2.70. The number of aliphatic hydroxyl groups is 1. The van der Waals surface area contributed by atoms with Crippen molar-refractivity contribution >= 4 is 16.7 Å². The first-order valence-electron chi connectivity index (χ1n) is 3.79. The average Bonchev–Trinajstić information content (AvgIpc) is 2.49. The van der Waals surface area contributed by atoms with Gasteiger partial charge in [0.2, 0.25) is 5.13 Å². The van der Waals surface area contributed by atoms with E-state index >= 15 is 0 Å². The molecule has 1 heterocycles. The van der Waals surface area contributed by atoms with E-state index in [4.69, 9.17) is 5.11 Å². The van der Waals surface area contributed by atoms with Crippen molar-refractivity contribution < 1.29 is 5.11 Å². The van der Waals surface area contributed by atoms with Crippen molar-refractivity contribution in [3.05, 3.63) is 5.82 Å². The zero-order valence-electron chi connectivity index (χ0n) is 7.48. The Morgan fingerprint density at radius 2 is 2.33 bits per heavy atom. The highest BCUT2D eigenvalue weighted by molar-refractivity contribution is 7.09. The zero-order valence-corrected chi connectivity index (χ0v) is 8.30. The molecule has 0 saturated carbocycles. The fourth-order valence-corrected chi connectivity index (χ4v) is 1.48. The minimum Gasteiger partial charge on any atom is -0.394 e. The van der Waals surface area contributed by atoms with Gasteiger partial charge in [-0.2, -0.15) is 4.37 Å². The summed E-state index contributed by atoms with van der Waals surface area (Å²) in [6.45, 7) is 3.93. The van der Waals surface area contributed by atoms with E-state index in [0.717, 1.165) is 11.0 Å². The maximum Gasteiger partial charge on any atom is 0.205 e. The number of aliphatic hydroxyl groups excluding tert-OH is 1. The lowest BCUT2D eigenvalue weighted by atomic mass is 10.3. The van der Waals surface area contributed by atoms with Gasteiger partial charge in [0.05, 0.1) is 12.6 Å². The maximum absolute atomic E-state index is 8.89. The second-order valence-corrected chi connectivity index (χ2v) is 3.50. The van der Waals surface area contributed by atoms with E-state index in [9.17, 15) is 0 Å². The molecule has 0 radical (unpaired) electrons. The molecule has 0 aliphatic rings. The van der Waals surface area contributed by atoms with E-state index in [1.54, 1.807) is 0 Å². The van der Waals surface area contributed by atoms with Crippen LogP contribution < -0.4 is 4.90 Å². The molecule has 1 atom stereocenters. The van der Waals surface area contributed by atoms with Gasteiger partial charge in [-0.05, 0) is 13.8 Å². The number of likely N-dealkylation sites (N-methyl/N-ethyl adjacent to an activating group) is 1. The van der Waals surface area contributed by atoms with Gasteiger partial charge in [-0.25, -0.2) is 4.98 Å². The standard InChI is InChI=1S/C7H13N3OS/c1-5(4-11)10(3)7-8-6(2)9-12-7/h5,11H,4H2,1-3H3. The molecule has 1 N–H and O–H groups in total. The summed E-state index contributed by atoms with van der Waals surface area (Å²) >= 11 is 1.36. The highest BCUT2D eigenvalue weighted by Crippen LogP contribution is 2.16. The van der Waals surface area contributed by atoms with Crippen LogP contribution in [0.15, 0.2) is 0 Å². The molecule has 5 heteroatoms. The summed E-state index contributed by atoms with van der Waals surface area (Å²) in [7, 11) is 1.90. The Morgan fingerprint density at radius 1 is 1.67 bits per heavy atom. The smallest absolute Gasteiger partial charge is 0.205 e. The summed E-state index contributed by atoms with van der Waals surface area (Å²) < 4.78 is 4.06. The van der Waals surface area contributed by atoms with E-state index in [1.165, 1.54) is 11.5 Å². The van der Waals surface area contributed by atoms with Crippen LogP contribution in [0.2, 0.25) is 0 Å². The zero-order chi connectivity index (χ0) is 9.14. The van der Waals surface area contributed by atoms with Gasteiger partial charge in [-0.3, -0.25) is 0 Å². The average molecular weight is 187 g/mol. The first-order valence-corrected chi connectivity index (χ1v) is 4.56. The number of aryl methyl sites for hydroxylation is 1. The summed E-state index contributed by atoms with van der Waals surface area (Å²) in [5.41, 5.74) is 0. The molecule has 0 aliphatic carbocycles. The summed E-state index contributed by atoms with van der Waals surface area (Å²) in [5, 5.41) is 9.74. The Labute approximate surface area is 76.0 Å². The minimum absolute atomic E-state index is 0.0948. The van der Waals surface area contributed by atoms with Gasteiger partial charge in [0, 0.05) is 18.6 Å². The Hall–Kier alpha value is -0.680. The Bertz CT molecular complexity index is 251. The number of nitrogens with zero attached hydrogens (tertiary/aromatic N) is 3. The van der Waals surface area contributed by atoms with Crippen LogP contribution in [0.3, 0.4) is 0 Å². The number of hydrogen-bond donors (Lipinski definition) is 1. The fraction of sp³-hybridized carbons (Fsp3) is 0.714. The van der Waals surface area contributed by atoms with Crippen molar-refractivity contribution in [3.8, 4) is 0 Å². The van der Waals surface area contributed by atoms with Gasteiger partial charge in [-0.15, -0.1) is 0 Å². The molecule has 0 spiro atoms. The lowest BCUT2D eigenvalue weighted by Crippen LogP contribution is -2.31. The molecule has 0 bridgehead atoms. The van der Waals surface area contributed by atoms with Crippen LogP contribution in [0.25, 0.3) is 0 Å². The van der Waals surface area contributed by atoms with Gasteiger partial charge in [0.1, 0.15) is 5.82 Å². The highest BCUT2D eigenvalue weighted by Gasteiger charge is 2.11. The second kappa shape index (κ2) is 3.82. The molecule has 4 nitrogen and oxygen atoms in total. The predicted molar refractivity (Wildman–Crippen MR) is 49.6 cm³/mol. The van der Waals surface area contributed by atoms with Crippen LogP contribution in [0.4, 0.5) is 5.13 Å². The fourth-order valence-electron chi connectivity index (χ4n) is 0.740. The molecule has 12 heavy (non-hydrogen) atoms. The molecule has 1 aromatic rings. The van der Waals surface area contributed by atoms with Crippen molar-refractivity contribution in [1.29, 1.82) is 0 Å². The van der Waals surface area contributed by atoms with Gasteiger partial charge in [0.15, 0.2) is 0 Å². The molecule has 1 rings (SSSR count). The molecule has 0 amide bonds. The highest BCUT2D eigenvalue weighted by atomic mass is 32.1. The Kier molecular flexibility index (Phi) is 2.99. The van der Waals surface area contributed by atoms with Gasteiger partial charge < -0.3 is 10.0 Å². The number of aromatic nitrogens is 2. The summed E-state index contributed by atoms with van der Waals surface area (Å²) in [5.74, 6) is 0.784. The van der Waals surface area contributed by atoms with Crippen molar-refractivity contribution in [3.63, 3.8) is 0 Å². The van der Waals surface area contributed by atoms with Crippen molar-refractivity contribution in [2.45, 2.75) is 19.9 Å². The van der Waals surface area contributed by atoms with Gasteiger partial charge in [-0.1, -0.05) is 0 Å². The minimum atomic E-state index is 0.0948. The van der Waals surface area contributed by atoms with Crippen LogP contribution in [0.1, 0.15) is 12.7 Å². The molecule has 1 unspecified atom stereocenters. The maximum atomic E-state index is 8.89. The summed E-state index contributed by atoms with van der Waals surface area (Å²) in [6, 6.07) is 0.0948. The van der Waals surface area contributed by atoms with Crippen molar-refractivity contribution in [1.82, 2.24) is 9.36 Å². The van der Waals surface area contributed by atoms with Crippen LogP contribution in [-0.4, -0.2) is 34.2 Å². The van der Waals surface area contributed by atoms with E-state index in [1.807, 2.05) is 25.8 Å². The number of rotatable bonds is 3. The van der Waals surface area contributed by atoms with Crippen molar-refractivity contribution in [2.75, 3.05) is 18.6 Å². The lowest BCUT2D eigenvalue weighted by molar-refractivity contribution is 0.270. The first kappa shape index (κ1) is 9.41.